The largest absolute Gasteiger partial charge is 0.459 e. The number of likely N-dealkylation sites (tertiary alicyclic amines) is 1. The number of nitrogens with zero attached hydrogens (tertiary/aromatic N) is 3. The molecule has 2 aliphatic heterocycles. The second kappa shape index (κ2) is 8.27. The third-order valence-electron chi connectivity index (χ3n) is 5.55. The van der Waals surface area contributed by atoms with Crippen molar-refractivity contribution in [2.75, 3.05) is 44.2 Å². The predicted octanol–water partition coefficient (Wildman–Crippen LogP) is 3.13. The highest BCUT2D eigenvalue weighted by atomic mass is 35.5. The fraction of sp³-hybridized carbons (Fsp3) is 0.429. The Balaban J connectivity index is 1.34. The summed E-state index contributed by atoms with van der Waals surface area (Å²) in [5, 5.41) is 0.722. The summed E-state index contributed by atoms with van der Waals surface area (Å²) in [4.78, 5) is 31.5. The first-order valence-corrected chi connectivity index (χ1v) is 10.1. The van der Waals surface area contributed by atoms with Crippen molar-refractivity contribution >= 4 is 29.1 Å². The molecule has 1 aromatic carbocycles. The minimum atomic E-state index is -0.134. The third-order valence-corrected chi connectivity index (χ3v) is 5.79. The van der Waals surface area contributed by atoms with Gasteiger partial charge < -0.3 is 19.1 Å². The molecule has 0 N–H and O–H groups in total. The van der Waals surface area contributed by atoms with Crippen LogP contribution in [0.4, 0.5) is 5.69 Å². The number of piperidine rings is 1. The van der Waals surface area contributed by atoms with E-state index in [0.29, 0.717) is 31.9 Å². The first-order valence-electron chi connectivity index (χ1n) is 9.74. The molecule has 1 unspecified atom stereocenters. The number of rotatable bonds is 3. The molecular formula is C21H24ClN3O3. The topological polar surface area (TPSA) is 57.0 Å². The van der Waals surface area contributed by atoms with Crippen molar-refractivity contribution in [3.05, 3.63) is 53.4 Å². The lowest BCUT2D eigenvalue weighted by atomic mass is 9.96. The number of halogens is 1. The lowest BCUT2D eigenvalue weighted by molar-refractivity contribution is -0.137. The molecule has 28 heavy (non-hydrogen) atoms. The third kappa shape index (κ3) is 4.02. The van der Waals surface area contributed by atoms with E-state index >= 15 is 0 Å². The first kappa shape index (κ1) is 18.9. The van der Waals surface area contributed by atoms with Gasteiger partial charge in [-0.1, -0.05) is 17.7 Å². The van der Waals surface area contributed by atoms with Gasteiger partial charge >= 0.3 is 0 Å². The Morgan fingerprint density at radius 3 is 2.54 bits per heavy atom. The molecule has 7 heteroatoms. The Labute approximate surface area is 169 Å². The molecule has 0 aliphatic carbocycles. The van der Waals surface area contributed by atoms with Crippen LogP contribution in [-0.2, 0) is 4.79 Å². The molecule has 1 atom stereocenters. The van der Waals surface area contributed by atoms with Gasteiger partial charge in [0.05, 0.1) is 12.2 Å². The Hall–Kier alpha value is -2.47. The highest BCUT2D eigenvalue weighted by Gasteiger charge is 2.33. The lowest BCUT2D eigenvalue weighted by Gasteiger charge is -2.39. The average molecular weight is 402 g/mol. The normalized spacial score (nSPS) is 20.3. The zero-order valence-corrected chi connectivity index (χ0v) is 16.5. The van der Waals surface area contributed by atoms with E-state index in [1.165, 1.54) is 6.26 Å². The summed E-state index contributed by atoms with van der Waals surface area (Å²) in [7, 11) is 0. The van der Waals surface area contributed by atoms with Crippen LogP contribution in [-0.4, -0.2) is 60.9 Å². The van der Waals surface area contributed by atoms with Crippen LogP contribution in [0.1, 0.15) is 23.4 Å². The van der Waals surface area contributed by atoms with Gasteiger partial charge in [0, 0.05) is 50.0 Å². The van der Waals surface area contributed by atoms with Crippen LogP contribution in [0.3, 0.4) is 0 Å². The average Bonchev–Trinajstić information content (AvgIpc) is 3.28. The molecule has 2 fully saturated rings. The number of anilines is 1. The van der Waals surface area contributed by atoms with Crippen molar-refractivity contribution in [3.8, 4) is 0 Å². The summed E-state index contributed by atoms with van der Waals surface area (Å²) in [6.07, 6.45) is 3.17. The zero-order valence-electron chi connectivity index (χ0n) is 15.7. The first-order chi connectivity index (χ1) is 13.6. The highest BCUT2D eigenvalue weighted by molar-refractivity contribution is 6.30. The molecular weight excluding hydrogens is 378 g/mol. The van der Waals surface area contributed by atoms with Crippen molar-refractivity contribution < 1.29 is 14.0 Å². The second-order valence-electron chi connectivity index (χ2n) is 7.36. The molecule has 2 aliphatic rings. The SMILES string of the molecule is O=C(c1ccco1)N1CCCC(C(=O)N2CCN(c3cccc(Cl)c3)CC2)C1. The smallest absolute Gasteiger partial charge is 0.289 e. The van der Waals surface area contributed by atoms with Crippen molar-refractivity contribution in [1.82, 2.24) is 9.80 Å². The fourth-order valence-electron chi connectivity index (χ4n) is 4.04. The summed E-state index contributed by atoms with van der Waals surface area (Å²) < 4.78 is 5.22. The lowest BCUT2D eigenvalue weighted by Crippen LogP contribution is -2.53. The van der Waals surface area contributed by atoms with Crippen molar-refractivity contribution in [2.24, 2.45) is 5.92 Å². The van der Waals surface area contributed by atoms with Gasteiger partial charge in [0.1, 0.15) is 0 Å². The Kier molecular flexibility index (Phi) is 5.57. The summed E-state index contributed by atoms with van der Waals surface area (Å²) in [6, 6.07) is 11.2. The molecule has 2 saturated heterocycles. The van der Waals surface area contributed by atoms with Crippen LogP contribution in [0.5, 0.6) is 0 Å². The number of carbonyl (C=O) groups is 2. The maximum atomic E-state index is 13.0. The monoisotopic (exact) mass is 401 g/mol. The summed E-state index contributed by atoms with van der Waals surface area (Å²) in [6.45, 7) is 4.09. The summed E-state index contributed by atoms with van der Waals surface area (Å²) >= 11 is 6.09. The van der Waals surface area contributed by atoms with Crippen LogP contribution in [0.2, 0.25) is 5.02 Å². The molecule has 0 radical (unpaired) electrons. The van der Waals surface area contributed by atoms with Crippen LogP contribution < -0.4 is 4.90 Å². The quantitative estimate of drug-likeness (QED) is 0.792. The number of amides is 2. The van der Waals surface area contributed by atoms with E-state index in [-0.39, 0.29) is 17.7 Å². The fourth-order valence-corrected chi connectivity index (χ4v) is 4.22. The molecule has 2 aromatic rings. The van der Waals surface area contributed by atoms with E-state index in [2.05, 4.69) is 4.90 Å². The summed E-state index contributed by atoms with van der Waals surface area (Å²) in [5.41, 5.74) is 1.09. The van der Waals surface area contributed by atoms with E-state index in [1.807, 2.05) is 29.2 Å². The van der Waals surface area contributed by atoms with Gasteiger partial charge in [-0.3, -0.25) is 9.59 Å². The molecule has 2 amide bonds. The molecule has 148 valence electrons. The van der Waals surface area contributed by atoms with Crippen molar-refractivity contribution in [2.45, 2.75) is 12.8 Å². The van der Waals surface area contributed by atoms with Gasteiger partial charge in [0.2, 0.25) is 5.91 Å². The maximum absolute atomic E-state index is 13.0. The number of hydrogen-bond acceptors (Lipinski definition) is 4. The number of piperazine rings is 1. The molecule has 3 heterocycles. The van der Waals surface area contributed by atoms with Gasteiger partial charge in [-0.05, 0) is 43.2 Å². The minimum Gasteiger partial charge on any atom is -0.459 e. The van der Waals surface area contributed by atoms with Gasteiger partial charge in [0.25, 0.3) is 5.91 Å². The Bertz CT molecular complexity index is 831. The van der Waals surface area contributed by atoms with E-state index in [0.717, 1.165) is 36.6 Å². The number of benzene rings is 1. The molecule has 0 spiro atoms. The number of furan rings is 1. The highest BCUT2D eigenvalue weighted by Crippen LogP contribution is 2.24. The van der Waals surface area contributed by atoms with Crippen LogP contribution >= 0.6 is 11.6 Å². The molecule has 6 nitrogen and oxygen atoms in total. The van der Waals surface area contributed by atoms with E-state index in [4.69, 9.17) is 16.0 Å². The Morgan fingerprint density at radius 2 is 1.82 bits per heavy atom. The maximum Gasteiger partial charge on any atom is 0.289 e. The van der Waals surface area contributed by atoms with E-state index < -0.39 is 0 Å². The van der Waals surface area contributed by atoms with Gasteiger partial charge in [-0.15, -0.1) is 0 Å². The molecule has 1 aromatic heterocycles. The van der Waals surface area contributed by atoms with E-state index in [1.54, 1.807) is 17.0 Å². The second-order valence-corrected chi connectivity index (χ2v) is 7.80. The van der Waals surface area contributed by atoms with Crippen molar-refractivity contribution in [3.63, 3.8) is 0 Å². The molecule has 4 rings (SSSR count). The van der Waals surface area contributed by atoms with Crippen LogP contribution in [0.25, 0.3) is 0 Å². The minimum absolute atomic E-state index is 0.131. The van der Waals surface area contributed by atoms with Gasteiger partial charge in [-0.25, -0.2) is 0 Å². The molecule has 0 bridgehead atoms. The predicted molar refractivity (Wildman–Crippen MR) is 108 cm³/mol. The van der Waals surface area contributed by atoms with Crippen molar-refractivity contribution in [1.29, 1.82) is 0 Å². The van der Waals surface area contributed by atoms with Gasteiger partial charge in [0.15, 0.2) is 5.76 Å². The molecule has 0 saturated carbocycles. The van der Waals surface area contributed by atoms with Crippen LogP contribution in [0.15, 0.2) is 47.1 Å². The van der Waals surface area contributed by atoms with Crippen LogP contribution in [0, 0.1) is 5.92 Å². The number of carbonyl (C=O) groups excluding carboxylic acids is 2. The summed E-state index contributed by atoms with van der Waals surface area (Å²) in [5.74, 6) is 0.226. The van der Waals surface area contributed by atoms with Gasteiger partial charge in [-0.2, -0.15) is 0 Å². The van der Waals surface area contributed by atoms with E-state index in [9.17, 15) is 9.59 Å². The zero-order chi connectivity index (χ0) is 19.5. The number of hydrogen-bond donors (Lipinski definition) is 0. The Morgan fingerprint density at radius 1 is 1.00 bits per heavy atom. The standard InChI is InChI=1S/C21H24ClN3O3/c22-17-5-1-6-18(14-17)23-9-11-24(12-10-23)20(26)16-4-2-8-25(15-16)21(27)19-7-3-13-28-19/h1,3,5-7,13-14,16H,2,4,8-12,15H2.